The molecule has 0 aliphatic heterocycles. The normalized spacial score (nSPS) is 10.5. The predicted octanol–water partition coefficient (Wildman–Crippen LogP) is 4.32. The van der Waals surface area contributed by atoms with Crippen LogP contribution in [0.1, 0.15) is 15.9 Å². The Balaban J connectivity index is 2.17. The highest BCUT2D eigenvalue weighted by Crippen LogP contribution is 2.23. The molecule has 0 amide bonds. The molecule has 0 radical (unpaired) electrons. The number of rotatable bonds is 3. The summed E-state index contributed by atoms with van der Waals surface area (Å²) in [5.74, 6) is -2.40. The highest BCUT2D eigenvalue weighted by Gasteiger charge is 2.16. The molecule has 2 rings (SSSR count). The number of nitrogen functional groups attached to an aromatic ring is 1. The van der Waals surface area contributed by atoms with Crippen molar-refractivity contribution in [3.05, 3.63) is 62.6 Å². The summed E-state index contributed by atoms with van der Waals surface area (Å²) < 4.78 is 32.2. The molecule has 2 N–H and O–H groups in total. The highest BCUT2D eigenvalue weighted by molar-refractivity contribution is 9.10. The van der Waals surface area contributed by atoms with Gasteiger partial charge in [-0.1, -0.05) is 11.6 Å². The van der Waals surface area contributed by atoms with Crippen LogP contribution < -0.4 is 5.73 Å². The molecule has 21 heavy (non-hydrogen) atoms. The van der Waals surface area contributed by atoms with Crippen molar-refractivity contribution >= 4 is 39.2 Å². The van der Waals surface area contributed by atoms with E-state index in [1.165, 1.54) is 24.3 Å². The van der Waals surface area contributed by atoms with Crippen molar-refractivity contribution in [3.8, 4) is 0 Å². The number of benzene rings is 2. The lowest BCUT2D eigenvalue weighted by atomic mass is 10.2. The van der Waals surface area contributed by atoms with Gasteiger partial charge in [-0.05, 0) is 46.3 Å². The molecule has 0 unspecified atom stereocenters. The zero-order chi connectivity index (χ0) is 15.6. The second-order valence-corrected chi connectivity index (χ2v) is 5.42. The number of esters is 1. The smallest absolute Gasteiger partial charge is 0.340 e. The number of ether oxygens (including phenoxy) is 1. The van der Waals surface area contributed by atoms with Gasteiger partial charge < -0.3 is 10.5 Å². The van der Waals surface area contributed by atoms with Crippen molar-refractivity contribution in [1.29, 1.82) is 0 Å². The molecule has 0 fully saturated rings. The van der Waals surface area contributed by atoms with Gasteiger partial charge in [0.2, 0.25) is 0 Å². The van der Waals surface area contributed by atoms with E-state index < -0.39 is 24.2 Å². The first-order valence-electron chi connectivity index (χ1n) is 5.74. The number of carbonyl (C=O) groups is 1. The first-order valence-corrected chi connectivity index (χ1v) is 6.91. The van der Waals surface area contributed by atoms with E-state index in [1.807, 2.05) is 0 Å². The molecule has 0 saturated heterocycles. The molecule has 0 spiro atoms. The number of anilines is 1. The fourth-order valence-corrected chi connectivity index (χ4v) is 2.19. The van der Waals surface area contributed by atoms with Crippen molar-refractivity contribution in [2.45, 2.75) is 6.61 Å². The van der Waals surface area contributed by atoms with Crippen molar-refractivity contribution in [3.63, 3.8) is 0 Å². The summed E-state index contributed by atoms with van der Waals surface area (Å²) in [4.78, 5) is 11.9. The maximum Gasteiger partial charge on any atom is 0.340 e. The molecule has 2 aromatic carbocycles. The monoisotopic (exact) mass is 375 g/mol. The fourth-order valence-electron chi connectivity index (χ4n) is 1.64. The van der Waals surface area contributed by atoms with E-state index in [-0.39, 0.29) is 21.3 Å². The van der Waals surface area contributed by atoms with Crippen molar-refractivity contribution < 1.29 is 18.3 Å². The van der Waals surface area contributed by atoms with E-state index in [9.17, 15) is 13.6 Å². The summed E-state index contributed by atoms with van der Waals surface area (Å²) in [6.07, 6.45) is 0. The second-order valence-electron chi connectivity index (χ2n) is 4.13. The molecule has 0 bridgehead atoms. The average Bonchev–Trinajstić information content (AvgIpc) is 2.43. The molecule has 7 heteroatoms. The summed E-state index contributed by atoms with van der Waals surface area (Å²) in [7, 11) is 0. The zero-order valence-corrected chi connectivity index (χ0v) is 12.8. The molecule has 0 aliphatic rings. The van der Waals surface area contributed by atoms with Crippen LogP contribution in [0.15, 0.2) is 34.8 Å². The fraction of sp³-hybridized carbons (Fsp3) is 0.0714. The van der Waals surface area contributed by atoms with Gasteiger partial charge in [-0.2, -0.15) is 0 Å². The summed E-state index contributed by atoms with van der Waals surface area (Å²) in [5.41, 5.74) is 5.50. The lowest BCUT2D eigenvalue weighted by Crippen LogP contribution is -2.10. The molecule has 3 nitrogen and oxygen atoms in total. The lowest BCUT2D eigenvalue weighted by molar-refractivity contribution is 0.0466. The number of halogens is 4. The largest absolute Gasteiger partial charge is 0.457 e. The Hall–Kier alpha value is -1.66. The standard InChI is InChI=1S/C14H9BrClF2NO2/c15-10-3-4-11(17)9(13(10)18)6-21-14(20)8-2-1-7(16)5-12(8)19/h1-5H,6,19H2. The van der Waals surface area contributed by atoms with E-state index in [1.54, 1.807) is 0 Å². The molecule has 110 valence electrons. The number of carbonyl (C=O) groups excluding carboxylic acids is 1. The molecular formula is C14H9BrClF2NO2. The predicted molar refractivity (Wildman–Crippen MR) is 79.0 cm³/mol. The summed E-state index contributed by atoms with van der Waals surface area (Å²) in [6, 6.07) is 6.54. The van der Waals surface area contributed by atoms with Gasteiger partial charge in [-0.15, -0.1) is 0 Å². The molecule has 0 atom stereocenters. The Kier molecular flexibility index (Phi) is 4.80. The van der Waals surface area contributed by atoms with E-state index in [0.29, 0.717) is 5.02 Å². The Morgan fingerprint density at radius 1 is 1.29 bits per heavy atom. The molecule has 0 aliphatic carbocycles. The highest BCUT2D eigenvalue weighted by atomic mass is 79.9. The molecular weight excluding hydrogens is 368 g/mol. The summed E-state index contributed by atoms with van der Waals surface area (Å²) >= 11 is 8.65. The van der Waals surface area contributed by atoms with Crippen LogP contribution in [0.25, 0.3) is 0 Å². The van der Waals surface area contributed by atoms with Crippen LogP contribution in [-0.4, -0.2) is 5.97 Å². The van der Waals surface area contributed by atoms with Crippen LogP contribution in [0.4, 0.5) is 14.5 Å². The van der Waals surface area contributed by atoms with Crippen LogP contribution in [0, 0.1) is 11.6 Å². The van der Waals surface area contributed by atoms with Crippen molar-refractivity contribution in [2.24, 2.45) is 0 Å². The van der Waals surface area contributed by atoms with Crippen LogP contribution in [0.2, 0.25) is 5.02 Å². The Bertz CT molecular complexity index is 710. The minimum atomic E-state index is -0.813. The van der Waals surface area contributed by atoms with Gasteiger partial charge in [-0.25, -0.2) is 13.6 Å². The lowest BCUT2D eigenvalue weighted by Gasteiger charge is -2.09. The maximum atomic E-state index is 13.7. The zero-order valence-electron chi connectivity index (χ0n) is 10.5. The van der Waals surface area contributed by atoms with E-state index in [0.717, 1.165) is 6.07 Å². The minimum absolute atomic E-state index is 0.0789. The van der Waals surface area contributed by atoms with Crippen molar-refractivity contribution in [1.82, 2.24) is 0 Å². The first kappa shape index (κ1) is 15.7. The number of hydrogen-bond donors (Lipinski definition) is 1. The molecule has 2 aromatic rings. The Labute approximate surface area is 132 Å². The van der Waals surface area contributed by atoms with Gasteiger partial charge in [0.15, 0.2) is 0 Å². The van der Waals surface area contributed by atoms with E-state index >= 15 is 0 Å². The summed E-state index contributed by atoms with van der Waals surface area (Å²) in [5, 5.41) is 0.369. The van der Waals surface area contributed by atoms with E-state index in [2.05, 4.69) is 15.9 Å². The Morgan fingerprint density at radius 2 is 2.00 bits per heavy atom. The third kappa shape index (κ3) is 3.51. The van der Waals surface area contributed by atoms with Gasteiger partial charge in [0.05, 0.1) is 15.6 Å². The number of hydrogen-bond acceptors (Lipinski definition) is 3. The molecule has 0 heterocycles. The summed E-state index contributed by atoms with van der Waals surface area (Å²) in [6.45, 7) is -0.544. The minimum Gasteiger partial charge on any atom is -0.457 e. The van der Waals surface area contributed by atoms with E-state index in [4.69, 9.17) is 22.1 Å². The van der Waals surface area contributed by atoms with Crippen LogP contribution in [-0.2, 0) is 11.3 Å². The third-order valence-corrected chi connectivity index (χ3v) is 3.57. The quantitative estimate of drug-likeness (QED) is 0.493. The first-order chi connectivity index (χ1) is 9.90. The van der Waals surface area contributed by atoms with Crippen LogP contribution in [0.3, 0.4) is 0 Å². The van der Waals surface area contributed by atoms with Gasteiger partial charge >= 0.3 is 5.97 Å². The van der Waals surface area contributed by atoms with Crippen molar-refractivity contribution in [2.75, 3.05) is 5.73 Å². The van der Waals surface area contributed by atoms with Crippen LogP contribution in [0.5, 0.6) is 0 Å². The Morgan fingerprint density at radius 3 is 2.67 bits per heavy atom. The van der Waals surface area contributed by atoms with Gasteiger partial charge in [0, 0.05) is 10.7 Å². The topological polar surface area (TPSA) is 52.3 Å². The third-order valence-electron chi connectivity index (χ3n) is 2.72. The molecule has 0 aromatic heterocycles. The van der Waals surface area contributed by atoms with Gasteiger partial charge in [-0.3, -0.25) is 0 Å². The second kappa shape index (κ2) is 6.41. The average molecular weight is 377 g/mol. The maximum absolute atomic E-state index is 13.7. The SMILES string of the molecule is Nc1cc(Cl)ccc1C(=O)OCc1c(F)ccc(Br)c1F. The van der Waals surface area contributed by atoms with Gasteiger partial charge in [0.1, 0.15) is 18.2 Å². The van der Waals surface area contributed by atoms with Crippen LogP contribution >= 0.6 is 27.5 Å². The van der Waals surface area contributed by atoms with Gasteiger partial charge in [0.25, 0.3) is 0 Å². The number of nitrogens with two attached hydrogens (primary N) is 1. The molecule has 0 saturated carbocycles.